The largest absolute Gasteiger partial charge is 0.330 e. The Morgan fingerprint density at radius 2 is 1.80 bits per heavy atom. The molecule has 92 valence electrons. The molecule has 0 radical (unpaired) electrons. The topological polar surface area (TPSA) is 38.0 Å². The maximum absolute atomic E-state index is 12.5. The van der Waals surface area contributed by atoms with E-state index in [4.69, 9.17) is 5.73 Å². The summed E-state index contributed by atoms with van der Waals surface area (Å²) in [6, 6.07) is 0. The Hall–Kier alpha value is -0.360. The van der Waals surface area contributed by atoms with Gasteiger partial charge in [0.05, 0.1) is 6.54 Å². The monoisotopic (exact) mass is 230 g/mol. The van der Waals surface area contributed by atoms with Crippen molar-refractivity contribution in [2.45, 2.75) is 32.6 Å². The Labute approximate surface area is 87.2 Å². The molecule has 1 unspecified atom stereocenters. The van der Waals surface area contributed by atoms with Crippen molar-refractivity contribution in [1.29, 1.82) is 0 Å². The standard InChI is InChI=1S/C9H18F4N2/c1-3-8(2,4-14)5-15-6-9(12,13)7(10)11/h7,15H,3-6,14H2,1-2H3. The Morgan fingerprint density at radius 1 is 1.27 bits per heavy atom. The van der Waals surface area contributed by atoms with Crippen molar-refractivity contribution in [2.75, 3.05) is 19.6 Å². The smallest absolute Gasteiger partial charge is 0.319 e. The first-order valence-electron chi connectivity index (χ1n) is 4.84. The molecule has 0 aliphatic heterocycles. The molecule has 15 heavy (non-hydrogen) atoms. The van der Waals surface area contributed by atoms with Crippen molar-refractivity contribution < 1.29 is 17.6 Å². The van der Waals surface area contributed by atoms with Gasteiger partial charge in [-0.1, -0.05) is 13.8 Å². The molecule has 0 aliphatic rings. The van der Waals surface area contributed by atoms with Gasteiger partial charge in [-0.2, -0.15) is 8.78 Å². The third kappa shape index (κ3) is 4.79. The molecule has 0 spiro atoms. The second-order valence-electron chi connectivity index (χ2n) is 4.03. The van der Waals surface area contributed by atoms with Gasteiger partial charge in [-0.05, 0) is 18.4 Å². The molecule has 0 saturated heterocycles. The van der Waals surface area contributed by atoms with Gasteiger partial charge in [0.25, 0.3) is 0 Å². The molecule has 0 heterocycles. The summed E-state index contributed by atoms with van der Waals surface area (Å²) in [5, 5.41) is 2.34. The van der Waals surface area contributed by atoms with E-state index in [1.165, 1.54) is 0 Å². The minimum Gasteiger partial charge on any atom is -0.330 e. The average molecular weight is 230 g/mol. The number of hydrogen-bond acceptors (Lipinski definition) is 2. The van der Waals surface area contributed by atoms with Gasteiger partial charge in [-0.3, -0.25) is 0 Å². The van der Waals surface area contributed by atoms with Gasteiger partial charge < -0.3 is 11.1 Å². The molecule has 1 atom stereocenters. The van der Waals surface area contributed by atoms with Crippen LogP contribution in [0.25, 0.3) is 0 Å². The molecule has 3 N–H and O–H groups in total. The SMILES string of the molecule is CCC(C)(CN)CNCC(F)(F)C(F)F. The molecule has 0 aromatic heterocycles. The minimum absolute atomic E-state index is 0.211. The van der Waals surface area contributed by atoms with Crippen LogP contribution in [-0.2, 0) is 0 Å². The van der Waals surface area contributed by atoms with Crippen molar-refractivity contribution in [3.05, 3.63) is 0 Å². The number of hydrogen-bond donors (Lipinski definition) is 2. The highest BCUT2D eigenvalue weighted by molar-refractivity contribution is 4.79. The summed E-state index contributed by atoms with van der Waals surface area (Å²) in [6.07, 6.45) is -2.92. The van der Waals surface area contributed by atoms with Gasteiger partial charge in [0.2, 0.25) is 0 Å². The molecule has 0 aliphatic carbocycles. The Kier molecular flexibility index (Phi) is 5.51. The zero-order chi connectivity index (χ0) is 12.1. The van der Waals surface area contributed by atoms with Crippen LogP contribution in [0.2, 0.25) is 0 Å². The number of halogens is 4. The quantitative estimate of drug-likeness (QED) is 0.655. The van der Waals surface area contributed by atoms with E-state index in [0.717, 1.165) is 0 Å². The van der Waals surface area contributed by atoms with Crippen LogP contribution in [-0.4, -0.2) is 32.0 Å². The van der Waals surface area contributed by atoms with E-state index >= 15 is 0 Å². The van der Waals surface area contributed by atoms with Crippen LogP contribution in [0.15, 0.2) is 0 Å². The molecule has 0 aromatic rings. The summed E-state index contributed by atoms with van der Waals surface area (Å²) in [6.45, 7) is 3.22. The highest BCUT2D eigenvalue weighted by Gasteiger charge is 2.40. The van der Waals surface area contributed by atoms with Crippen LogP contribution >= 0.6 is 0 Å². The fourth-order valence-electron chi connectivity index (χ4n) is 0.950. The third-order valence-corrected chi connectivity index (χ3v) is 2.58. The molecule has 0 bridgehead atoms. The van der Waals surface area contributed by atoms with Gasteiger partial charge in [-0.15, -0.1) is 0 Å². The number of nitrogens with one attached hydrogen (secondary N) is 1. The van der Waals surface area contributed by atoms with E-state index in [-0.39, 0.29) is 12.0 Å². The second-order valence-corrected chi connectivity index (χ2v) is 4.03. The van der Waals surface area contributed by atoms with Crippen molar-refractivity contribution in [1.82, 2.24) is 5.32 Å². The normalized spacial score (nSPS) is 16.8. The highest BCUT2D eigenvalue weighted by Crippen LogP contribution is 2.23. The molecule has 0 saturated carbocycles. The second kappa shape index (κ2) is 5.65. The lowest BCUT2D eigenvalue weighted by atomic mass is 9.88. The maximum atomic E-state index is 12.5. The van der Waals surface area contributed by atoms with E-state index < -0.39 is 18.9 Å². The summed E-state index contributed by atoms with van der Waals surface area (Å²) < 4.78 is 48.5. The fourth-order valence-corrected chi connectivity index (χ4v) is 0.950. The Bertz CT molecular complexity index is 176. The summed E-state index contributed by atoms with van der Waals surface area (Å²) in [5.74, 6) is -3.97. The minimum atomic E-state index is -3.97. The molecule has 6 heteroatoms. The number of alkyl halides is 4. The first kappa shape index (κ1) is 14.6. The lowest BCUT2D eigenvalue weighted by molar-refractivity contribution is -0.125. The molecule has 0 amide bonds. The zero-order valence-electron chi connectivity index (χ0n) is 8.99. The predicted molar refractivity (Wildman–Crippen MR) is 51.3 cm³/mol. The van der Waals surface area contributed by atoms with Crippen LogP contribution in [0.5, 0.6) is 0 Å². The third-order valence-electron chi connectivity index (χ3n) is 2.58. The summed E-state index contributed by atoms with van der Waals surface area (Å²) in [7, 11) is 0. The van der Waals surface area contributed by atoms with Crippen LogP contribution in [0, 0.1) is 5.41 Å². The van der Waals surface area contributed by atoms with Crippen LogP contribution < -0.4 is 11.1 Å². The average Bonchev–Trinajstić information content (AvgIpc) is 2.17. The van der Waals surface area contributed by atoms with Crippen LogP contribution in [0.4, 0.5) is 17.6 Å². The van der Waals surface area contributed by atoms with Gasteiger partial charge in [0.15, 0.2) is 0 Å². The molecular formula is C9H18F4N2. The van der Waals surface area contributed by atoms with Gasteiger partial charge >= 0.3 is 12.3 Å². The van der Waals surface area contributed by atoms with Crippen molar-refractivity contribution in [2.24, 2.45) is 11.1 Å². The van der Waals surface area contributed by atoms with Gasteiger partial charge in [0.1, 0.15) is 0 Å². The molecule has 0 rings (SSSR count). The van der Waals surface area contributed by atoms with Gasteiger partial charge in [-0.25, -0.2) is 8.78 Å². The first-order chi connectivity index (χ1) is 6.77. The first-order valence-corrected chi connectivity index (χ1v) is 4.84. The molecular weight excluding hydrogens is 212 g/mol. The van der Waals surface area contributed by atoms with Crippen LogP contribution in [0.3, 0.4) is 0 Å². The lowest BCUT2D eigenvalue weighted by Gasteiger charge is -2.27. The molecule has 0 aromatic carbocycles. The summed E-state index contributed by atoms with van der Waals surface area (Å²) >= 11 is 0. The Balaban J connectivity index is 3.98. The van der Waals surface area contributed by atoms with Crippen molar-refractivity contribution in [3.8, 4) is 0 Å². The molecule has 2 nitrogen and oxygen atoms in total. The lowest BCUT2D eigenvalue weighted by Crippen LogP contribution is -2.44. The van der Waals surface area contributed by atoms with Crippen molar-refractivity contribution >= 4 is 0 Å². The summed E-state index contributed by atoms with van der Waals surface area (Å²) in [5.41, 5.74) is 5.13. The number of rotatable bonds is 7. The van der Waals surface area contributed by atoms with Crippen LogP contribution in [0.1, 0.15) is 20.3 Å². The van der Waals surface area contributed by atoms with Crippen molar-refractivity contribution in [3.63, 3.8) is 0 Å². The van der Waals surface area contributed by atoms with Gasteiger partial charge in [0, 0.05) is 6.54 Å². The predicted octanol–water partition coefficient (Wildman–Crippen LogP) is 1.85. The summed E-state index contributed by atoms with van der Waals surface area (Å²) in [4.78, 5) is 0. The fraction of sp³-hybridized carbons (Fsp3) is 1.00. The zero-order valence-corrected chi connectivity index (χ0v) is 8.99. The van der Waals surface area contributed by atoms with E-state index in [2.05, 4.69) is 5.32 Å². The van der Waals surface area contributed by atoms with E-state index in [1.54, 1.807) is 0 Å². The number of nitrogens with two attached hydrogens (primary N) is 1. The van der Waals surface area contributed by atoms with E-state index in [0.29, 0.717) is 13.0 Å². The highest BCUT2D eigenvalue weighted by atomic mass is 19.3. The van der Waals surface area contributed by atoms with E-state index in [1.807, 2.05) is 13.8 Å². The molecule has 0 fully saturated rings. The Morgan fingerprint density at radius 3 is 2.13 bits per heavy atom. The van der Waals surface area contributed by atoms with E-state index in [9.17, 15) is 17.6 Å². The maximum Gasteiger partial charge on any atom is 0.319 e.